The highest BCUT2D eigenvalue weighted by Gasteiger charge is 2.07. The first-order chi connectivity index (χ1) is 8.58. The fourth-order valence-corrected chi connectivity index (χ4v) is 1.29. The van der Waals surface area contributed by atoms with Crippen LogP contribution in [-0.4, -0.2) is 31.3 Å². The van der Waals surface area contributed by atoms with Gasteiger partial charge in [0.1, 0.15) is 5.75 Å². The van der Waals surface area contributed by atoms with Crippen molar-refractivity contribution < 1.29 is 24.2 Å². The van der Waals surface area contributed by atoms with E-state index >= 15 is 0 Å². The fraction of sp³-hybridized carbons (Fsp3) is 0.231. The second kappa shape index (κ2) is 6.44. The second-order valence-corrected chi connectivity index (χ2v) is 3.45. The van der Waals surface area contributed by atoms with Gasteiger partial charge in [0.2, 0.25) is 0 Å². The molecule has 1 aromatic rings. The van der Waals surface area contributed by atoms with Crippen LogP contribution in [0.3, 0.4) is 0 Å². The number of hydrogen-bond donors (Lipinski definition) is 1. The summed E-state index contributed by atoms with van der Waals surface area (Å²) in [6, 6.07) is 4.41. The van der Waals surface area contributed by atoms with E-state index in [1.807, 2.05) is 0 Å². The SMILES string of the molecule is COC(=O)CC=Cc1ccc(C(=O)OC)cc1O. The van der Waals surface area contributed by atoms with Gasteiger partial charge in [-0.3, -0.25) is 4.79 Å². The standard InChI is InChI=1S/C13H14O5/c1-17-12(15)5-3-4-9-6-7-10(8-11(9)14)13(16)18-2/h3-4,6-8,14H,5H2,1-2H3. The number of phenolic OH excluding ortho intramolecular Hbond substituents is 1. The average Bonchev–Trinajstić information content (AvgIpc) is 2.39. The zero-order valence-electron chi connectivity index (χ0n) is 10.2. The Bertz CT molecular complexity index is 476. The van der Waals surface area contributed by atoms with Crippen molar-refractivity contribution in [2.24, 2.45) is 0 Å². The van der Waals surface area contributed by atoms with Crippen LogP contribution in [0.1, 0.15) is 22.3 Å². The Morgan fingerprint density at radius 2 is 2.00 bits per heavy atom. The Hall–Kier alpha value is -2.30. The second-order valence-electron chi connectivity index (χ2n) is 3.45. The van der Waals surface area contributed by atoms with Gasteiger partial charge in [0.25, 0.3) is 0 Å². The fourth-order valence-electron chi connectivity index (χ4n) is 1.29. The van der Waals surface area contributed by atoms with Crippen molar-refractivity contribution in [3.63, 3.8) is 0 Å². The monoisotopic (exact) mass is 250 g/mol. The molecule has 0 aliphatic carbocycles. The number of benzene rings is 1. The van der Waals surface area contributed by atoms with Crippen LogP contribution in [0.15, 0.2) is 24.3 Å². The number of carbonyl (C=O) groups excluding carboxylic acids is 2. The molecule has 0 unspecified atom stereocenters. The van der Waals surface area contributed by atoms with Crippen LogP contribution in [0, 0.1) is 0 Å². The van der Waals surface area contributed by atoms with Gasteiger partial charge in [0.15, 0.2) is 0 Å². The molecule has 1 N–H and O–H groups in total. The molecule has 0 radical (unpaired) electrons. The lowest BCUT2D eigenvalue weighted by Gasteiger charge is -2.02. The highest BCUT2D eigenvalue weighted by Crippen LogP contribution is 2.20. The van der Waals surface area contributed by atoms with Crippen LogP contribution in [0.25, 0.3) is 6.08 Å². The van der Waals surface area contributed by atoms with E-state index in [1.165, 1.54) is 26.4 Å². The van der Waals surface area contributed by atoms with Crippen molar-refractivity contribution in [2.45, 2.75) is 6.42 Å². The first kappa shape index (κ1) is 13.8. The van der Waals surface area contributed by atoms with Gasteiger partial charge in [-0.2, -0.15) is 0 Å². The Labute approximate surface area is 105 Å². The molecular formula is C13H14O5. The number of ether oxygens (including phenoxy) is 2. The topological polar surface area (TPSA) is 72.8 Å². The maximum atomic E-state index is 11.2. The number of methoxy groups -OCH3 is 2. The molecule has 0 spiro atoms. The number of rotatable bonds is 4. The maximum Gasteiger partial charge on any atom is 0.337 e. The Morgan fingerprint density at radius 1 is 1.28 bits per heavy atom. The summed E-state index contributed by atoms with van der Waals surface area (Å²) < 4.78 is 9.00. The number of hydrogen-bond acceptors (Lipinski definition) is 5. The smallest absolute Gasteiger partial charge is 0.337 e. The molecule has 0 atom stereocenters. The van der Waals surface area contributed by atoms with Crippen molar-refractivity contribution in [2.75, 3.05) is 14.2 Å². The molecular weight excluding hydrogens is 236 g/mol. The van der Waals surface area contributed by atoms with Gasteiger partial charge < -0.3 is 14.6 Å². The van der Waals surface area contributed by atoms with Gasteiger partial charge in [-0.25, -0.2) is 4.79 Å². The summed E-state index contributed by atoms with van der Waals surface area (Å²) in [6.07, 6.45) is 3.26. The molecule has 5 nitrogen and oxygen atoms in total. The molecule has 18 heavy (non-hydrogen) atoms. The van der Waals surface area contributed by atoms with Crippen LogP contribution in [-0.2, 0) is 14.3 Å². The minimum atomic E-state index is -0.518. The van der Waals surface area contributed by atoms with Crippen molar-refractivity contribution in [3.8, 4) is 5.75 Å². The molecule has 1 aromatic carbocycles. The van der Waals surface area contributed by atoms with Gasteiger partial charge in [-0.05, 0) is 12.1 Å². The van der Waals surface area contributed by atoms with Gasteiger partial charge in [-0.15, -0.1) is 0 Å². The van der Waals surface area contributed by atoms with E-state index in [2.05, 4.69) is 9.47 Å². The van der Waals surface area contributed by atoms with E-state index in [0.29, 0.717) is 5.56 Å². The minimum absolute atomic E-state index is 0.0565. The number of phenols is 1. The molecule has 0 aliphatic heterocycles. The van der Waals surface area contributed by atoms with Crippen LogP contribution in [0.4, 0.5) is 0 Å². The molecule has 0 saturated carbocycles. The summed E-state index contributed by atoms with van der Waals surface area (Å²) in [5.74, 6) is -0.939. The third-order valence-electron chi connectivity index (χ3n) is 2.26. The summed E-state index contributed by atoms with van der Waals surface area (Å²) in [4.78, 5) is 22.1. The lowest BCUT2D eigenvalue weighted by atomic mass is 10.1. The van der Waals surface area contributed by atoms with E-state index < -0.39 is 5.97 Å². The van der Waals surface area contributed by atoms with Crippen molar-refractivity contribution in [3.05, 3.63) is 35.4 Å². The van der Waals surface area contributed by atoms with E-state index in [0.717, 1.165) is 0 Å². The molecule has 5 heteroatoms. The van der Waals surface area contributed by atoms with Crippen molar-refractivity contribution >= 4 is 18.0 Å². The van der Waals surface area contributed by atoms with Gasteiger partial charge in [0.05, 0.1) is 26.2 Å². The lowest BCUT2D eigenvalue weighted by Crippen LogP contribution is -2.00. The highest BCUT2D eigenvalue weighted by atomic mass is 16.5. The van der Waals surface area contributed by atoms with E-state index in [-0.39, 0.29) is 23.7 Å². The zero-order chi connectivity index (χ0) is 13.5. The molecule has 0 bridgehead atoms. The van der Waals surface area contributed by atoms with Crippen LogP contribution >= 0.6 is 0 Å². The largest absolute Gasteiger partial charge is 0.507 e. The molecule has 1 rings (SSSR count). The van der Waals surface area contributed by atoms with Gasteiger partial charge >= 0.3 is 11.9 Å². The Balaban J connectivity index is 2.80. The first-order valence-corrected chi connectivity index (χ1v) is 5.23. The first-order valence-electron chi connectivity index (χ1n) is 5.23. The molecule has 0 aromatic heterocycles. The third kappa shape index (κ3) is 3.62. The lowest BCUT2D eigenvalue weighted by molar-refractivity contribution is -0.139. The maximum absolute atomic E-state index is 11.2. The quantitative estimate of drug-likeness (QED) is 0.824. The van der Waals surface area contributed by atoms with E-state index in [4.69, 9.17) is 0 Å². The van der Waals surface area contributed by atoms with Crippen LogP contribution in [0.2, 0.25) is 0 Å². The Kier molecular flexibility index (Phi) is 4.92. The Morgan fingerprint density at radius 3 is 2.56 bits per heavy atom. The number of carbonyl (C=O) groups is 2. The van der Waals surface area contributed by atoms with Crippen LogP contribution < -0.4 is 0 Å². The summed E-state index contributed by atoms with van der Waals surface area (Å²) in [5.41, 5.74) is 0.770. The normalized spacial score (nSPS) is 10.3. The van der Waals surface area contributed by atoms with E-state index in [1.54, 1.807) is 18.2 Å². The van der Waals surface area contributed by atoms with Crippen molar-refractivity contribution in [1.29, 1.82) is 0 Å². The molecule has 96 valence electrons. The van der Waals surface area contributed by atoms with Crippen LogP contribution in [0.5, 0.6) is 5.75 Å². The number of aromatic hydroxyl groups is 1. The molecule has 0 heterocycles. The summed E-state index contributed by atoms with van der Waals surface area (Å²) in [5, 5.41) is 9.68. The van der Waals surface area contributed by atoms with Gasteiger partial charge in [0, 0.05) is 5.56 Å². The third-order valence-corrected chi connectivity index (χ3v) is 2.26. The molecule has 0 aliphatic rings. The summed E-state index contributed by atoms with van der Waals surface area (Å²) in [7, 11) is 2.57. The average molecular weight is 250 g/mol. The van der Waals surface area contributed by atoms with Gasteiger partial charge in [-0.1, -0.05) is 18.2 Å². The number of esters is 2. The summed E-state index contributed by atoms with van der Waals surface area (Å²) in [6.45, 7) is 0. The molecule has 0 fully saturated rings. The molecule has 0 saturated heterocycles. The predicted molar refractivity (Wildman–Crippen MR) is 65.1 cm³/mol. The highest BCUT2D eigenvalue weighted by molar-refractivity contribution is 5.90. The minimum Gasteiger partial charge on any atom is -0.507 e. The zero-order valence-corrected chi connectivity index (χ0v) is 10.2. The predicted octanol–water partition coefficient (Wildman–Crippen LogP) is 1.76. The summed E-state index contributed by atoms with van der Waals surface area (Å²) >= 11 is 0. The van der Waals surface area contributed by atoms with Crippen molar-refractivity contribution in [1.82, 2.24) is 0 Å². The van der Waals surface area contributed by atoms with E-state index in [9.17, 15) is 14.7 Å². The molecule has 0 amide bonds.